The molecule has 0 radical (unpaired) electrons. The van der Waals surface area contributed by atoms with Crippen LogP contribution < -0.4 is 5.32 Å². The van der Waals surface area contributed by atoms with Crippen molar-refractivity contribution in [3.05, 3.63) is 57.3 Å². The number of rotatable bonds is 5. The van der Waals surface area contributed by atoms with Crippen LogP contribution >= 0.6 is 27.3 Å². The van der Waals surface area contributed by atoms with Gasteiger partial charge in [-0.15, -0.1) is 11.3 Å². The Bertz CT molecular complexity index is 746. The molecule has 2 heterocycles. The Morgan fingerprint density at radius 1 is 1.29 bits per heavy atom. The zero-order valence-corrected chi connectivity index (χ0v) is 14.6. The van der Waals surface area contributed by atoms with Crippen molar-refractivity contribution in [3.63, 3.8) is 0 Å². The highest BCUT2D eigenvalue weighted by Gasteiger charge is 2.21. The molecule has 3 rings (SSSR count). The lowest BCUT2D eigenvalue weighted by Crippen LogP contribution is -2.23. The number of furan rings is 1. The SMILES string of the molecule is CCCNC(c1ccoc1C)c1csc2c(Br)cccc12. The molecule has 0 spiro atoms. The fourth-order valence-electron chi connectivity index (χ4n) is 2.64. The van der Waals surface area contributed by atoms with Crippen LogP contribution in [0.5, 0.6) is 0 Å². The summed E-state index contributed by atoms with van der Waals surface area (Å²) < 4.78 is 7.98. The molecule has 21 heavy (non-hydrogen) atoms. The monoisotopic (exact) mass is 363 g/mol. The van der Waals surface area contributed by atoms with Crippen LogP contribution in [-0.2, 0) is 0 Å². The molecule has 1 atom stereocenters. The summed E-state index contributed by atoms with van der Waals surface area (Å²) in [7, 11) is 0. The number of aryl methyl sites for hydroxylation is 1. The van der Waals surface area contributed by atoms with Gasteiger partial charge in [0.15, 0.2) is 0 Å². The molecule has 4 heteroatoms. The number of hydrogen-bond donors (Lipinski definition) is 1. The van der Waals surface area contributed by atoms with Gasteiger partial charge in [0.25, 0.3) is 0 Å². The van der Waals surface area contributed by atoms with Gasteiger partial charge in [-0.1, -0.05) is 19.1 Å². The molecule has 0 amide bonds. The molecule has 0 aliphatic carbocycles. The lowest BCUT2D eigenvalue weighted by atomic mass is 9.98. The smallest absolute Gasteiger partial charge is 0.105 e. The van der Waals surface area contributed by atoms with Crippen LogP contribution in [0, 0.1) is 6.92 Å². The van der Waals surface area contributed by atoms with E-state index in [2.05, 4.69) is 57.8 Å². The van der Waals surface area contributed by atoms with Crippen molar-refractivity contribution >= 4 is 37.4 Å². The topological polar surface area (TPSA) is 25.2 Å². The zero-order valence-electron chi connectivity index (χ0n) is 12.2. The first-order valence-corrected chi connectivity index (χ1v) is 8.82. The summed E-state index contributed by atoms with van der Waals surface area (Å²) in [6.07, 6.45) is 2.88. The van der Waals surface area contributed by atoms with Crippen LogP contribution in [0.15, 0.2) is 44.8 Å². The van der Waals surface area contributed by atoms with Crippen molar-refractivity contribution in [2.45, 2.75) is 26.3 Å². The maximum absolute atomic E-state index is 5.51. The Morgan fingerprint density at radius 3 is 2.86 bits per heavy atom. The lowest BCUT2D eigenvalue weighted by Gasteiger charge is -2.18. The van der Waals surface area contributed by atoms with Gasteiger partial charge in [-0.05, 0) is 64.3 Å². The van der Waals surface area contributed by atoms with Crippen molar-refractivity contribution in [1.82, 2.24) is 5.32 Å². The van der Waals surface area contributed by atoms with Crippen molar-refractivity contribution in [3.8, 4) is 0 Å². The molecule has 0 fully saturated rings. The quantitative estimate of drug-likeness (QED) is 0.632. The Morgan fingerprint density at radius 2 is 2.14 bits per heavy atom. The summed E-state index contributed by atoms with van der Waals surface area (Å²) in [5, 5.41) is 7.23. The predicted octanol–water partition coefficient (Wildman–Crippen LogP) is 5.65. The van der Waals surface area contributed by atoms with E-state index in [0.29, 0.717) is 0 Å². The molecular weight excluding hydrogens is 346 g/mol. The van der Waals surface area contributed by atoms with Crippen LogP contribution in [0.2, 0.25) is 0 Å². The molecule has 110 valence electrons. The Labute approximate surface area is 137 Å². The second-order valence-corrected chi connectivity index (χ2v) is 6.86. The summed E-state index contributed by atoms with van der Waals surface area (Å²) in [5.41, 5.74) is 2.55. The molecule has 0 aliphatic rings. The number of fused-ring (bicyclic) bond motifs is 1. The largest absolute Gasteiger partial charge is 0.469 e. The zero-order chi connectivity index (χ0) is 14.8. The molecule has 0 saturated heterocycles. The fourth-order valence-corrected chi connectivity index (χ4v) is 4.28. The summed E-state index contributed by atoms with van der Waals surface area (Å²) in [6.45, 7) is 5.20. The van der Waals surface area contributed by atoms with E-state index >= 15 is 0 Å². The highest BCUT2D eigenvalue weighted by molar-refractivity contribution is 9.10. The van der Waals surface area contributed by atoms with Crippen LogP contribution in [0.25, 0.3) is 10.1 Å². The maximum Gasteiger partial charge on any atom is 0.105 e. The third-order valence-electron chi connectivity index (χ3n) is 3.70. The normalized spacial score (nSPS) is 12.9. The van der Waals surface area contributed by atoms with Crippen molar-refractivity contribution in [2.75, 3.05) is 6.54 Å². The molecule has 0 saturated carbocycles. The van der Waals surface area contributed by atoms with Crippen LogP contribution in [0.4, 0.5) is 0 Å². The Hall–Kier alpha value is -1.10. The van der Waals surface area contributed by atoms with Gasteiger partial charge in [0.1, 0.15) is 5.76 Å². The fraction of sp³-hybridized carbons (Fsp3) is 0.294. The molecular formula is C17H18BrNOS. The van der Waals surface area contributed by atoms with Gasteiger partial charge in [-0.2, -0.15) is 0 Å². The number of nitrogens with one attached hydrogen (secondary N) is 1. The summed E-state index contributed by atoms with van der Waals surface area (Å²) in [6, 6.07) is 8.65. The van der Waals surface area contributed by atoms with Crippen molar-refractivity contribution < 1.29 is 4.42 Å². The van der Waals surface area contributed by atoms with E-state index in [-0.39, 0.29) is 6.04 Å². The standard InChI is InChI=1S/C17H18BrNOS/c1-3-8-19-16(12-7-9-20-11(12)2)14-10-21-17-13(14)5-4-6-15(17)18/h4-7,9-10,16,19H,3,8H2,1-2H3. The molecule has 1 N–H and O–H groups in total. The average Bonchev–Trinajstić information content (AvgIpc) is 3.08. The van der Waals surface area contributed by atoms with E-state index in [4.69, 9.17) is 4.42 Å². The van der Waals surface area contributed by atoms with Gasteiger partial charge in [0, 0.05) is 14.7 Å². The minimum absolute atomic E-state index is 0.187. The lowest BCUT2D eigenvalue weighted by molar-refractivity contribution is 0.518. The van der Waals surface area contributed by atoms with Gasteiger partial charge < -0.3 is 9.73 Å². The first-order valence-electron chi connectivity index (χ1n) is 7.15. The Balaban J connectivity index is 2.10. The van der Waals surface area contributed by atoms with Gasteiger partial charge in [0.2, 0.25) is 0 Å². The van der Waals surface area contributed by atoms with Crippen molar-refractivity contribution in [1.29, 1.82) is 0 Å². The van der Waals surface area contributed by atoms with E-state index in [1.54, 1.807) is 17.6 Å². The number of hydrogen-bond acceptors (Lipinski definition) is 3. The van der Waals surface area contributed by atoms with Gasteiger partial charge in [0.05, 0.1) is 12.3 Å². The van der Waals surface area contributed by atoms with Gasteiger partial charge in [-0.3, -0.25) is 0 Å². The summed E-state index contributed by atoms with van der Waals surface area (Å²) in [4.78, 5) is 0. The molecule has 0 aliphatic heterocycles. The third kappa shape index (κ3) is 2.80. The molecule has 0 bridgehead atoms. The number of thiophene rings is 1. The van der Waals surface area contributed by atoms with Crippen LogP contribution in [0.3, 0.4) is 0 Å². The molecule has 1 aromatic carbocycles. The minimum atomic E-state index is 0.187. The molecule has 2 nitrogen and oxygen atoms in total. The predicted molar refractivity (Wildman–Crippen MR) is 93.1 cm³/mol. The van der Waals surface area contributed by atoms with E-state index in [9.17, 15) is 0 Å². The molecule has 2 aromatic heterocycles. The highest BCUT2D eigenvalue weighted by atomic mass is 79.9. The van der Waals surface area contributed by atoms with E-state index in [1.165, 1.54) is 21.2 Å². The maximum atomic E-state index is 5.51. The van der Waals surface area contributed by atoms with E-state index in [1.807, 2.05) is 6.92 Å². The number of halogens is 1. The highest BCUT2D eigenvalue weighted by Crippen LogP contribution is 2.38. The second-order valence-electron chi connectivity index (χ2n) is 5.13. The molecule has 3 aromatic rings. The first kappa shape index (κ1) is 14.8. The Kier molecular flexibility index (Phi) is 4.48. The van der Waals surface area contributed by atoms with Crippen LogP contribution in [-0.4, -0.2) is 6.54 Å². The molecule has 1 unspecified atom stereocenters. The third-order valence-corrected chi connectivity index (χ3v) is 5.67. The number of benzene rings is 1. The van der Waals surface area contributed by atoms with Gasteiger partial charge in [-0.25, -0.2) is 0 Å². The van der Waals surface area contributed by atoms with Crippen molar-refractivity contribution in [2.24, 2.45) is 0 Å². The van der Waals surface area contributed by atoms with Gasteiger partial charge >= 0.3 is 0 Å². The van der Waals surface area contributed by atoms with Crippen LogP contribution in [0.1, 0.15) is 36.3 Å². The average molecular weight is 364 g/mol. The minimum Gasteiger partial charge on any atom is -0.469 e. The first-order chi connectivity index (χ1) is 10.2. The second kappa shape index (κ2) is 6.34. The van der Waals surface area contributed by atoms with E-state index in [0.717, 1.165) is 23.2 Å². The summed E-state index contributed by atoms with van der Waals surface area (Å²) in [5.74, 6) is 0.984. The summed E-state index contributed by atoms with van der Waals surface area (Å²) >= 11 is 5.43. The van der Waals surface area contributed by atoms with E-state index < -0.39 is 0 Å².